The summed E-state index contributed by atoms with van der Waals surface area (Å²) in [7, 11) is -3.58. The topological polar surface area (TPSA) is 84.2 Å². The Balaban J connectivity index is 1.42. The van der Waals surface area contributed by atoms with Gasteiger partial charge in [0.15, 0.2) is 5.82 Å². The Hall–Kier alpha value is -2.40. The summed E-state index contributed by atoms with van der Waals surface area (Å²) in [5, 5.41) is 12.1. The molecular formula is C18H18ClFN6O2S. The maximum Gasteiger partial charge on any atom is 0.243 e. The van der Waals surface area contributed by atoms with Gasteiger partial charge in [0.25, 0.3) is 0 Å². The minimum Gasteiger partial charge on any atom is -0.293 e. The van der Waals surface area contributed by atoms with Crippen LogP contribution in [0.15, 0.2) is 53.4 Å². The molecule has 0 unspecified atom stereocenters. The van der Waals surface area contributed by atoms with Crippen molar-refractivity contribution in [3.63, 3.8) is 0 Å². The second kappa shape index (κ2) is 8.15. The fourth-order valence-electron chi connectivity index (χ4n) is 3.19. The van der Waals surface area contributed by atoms with Gasteiger partial charge >= 0.3 is 0 Å². The van der Waals surface area contributed by atoms with E-state index in [-0.39, 0.29) is 10.7 Å². The lowest BCUT2D eigenvalue weighted by atomic mass is 10.3. The molecule has 1 fully saturated rings. The summed E-state index contributed by atoms with van der Waals surface area (Å²) in [4.78, 5) is 2.27. The first-order chi connectivity index (χ1) is 13.9. The first kappa shape index (κ1) is 19.9. The highest BCUT2D eigenvalue weighted by Crippen LogP contribution is 2.21. The summed E-state index contributed by atoms with van der Waals surface area (Å²) in [5.74, 6) is 0.267. The maximum absolute atomic E-state index is 13.1. The molecule has 1 aliphatic heterocycles. The van der Waals surface area contributed by atoms with E-state index < -0.39 is 10.0 Å². The molecule has 0 saturated carbocycles. The van der Waals surface area contributed by atoms with Gasteiger partial charge in [0.2, 0.25) is 10.0 Å². The quantitative estimate of drug-likeness (QED) is 0.608. The number of hydrogen-bond acceptors (Lipinski definition) is 6. The van der Waals surface area contributed by atoms with Gasteiger partial charge in [0.1, 0.15) is 5.82 Å². The van der Waals surface area contributed by atoms with Crippen molar-refractivity contribution in [3.05, 3.63) is 65.2 Å². The molecule has 0 bridgehead atoms. The van der Waals surface area contributed by atoms with Crippen molar-refractivity contribution in [1.82, 2.24) is 29.4 Å². The van der Waals surface area contributed by atoms with Crippen LogP contribution in [-0.4, -0.2) is 64.0 Å². The highest BCUT2D eigenvalue weighted by molar-refractivity contribution is 7.89. The van der Waals surface area contributed by atoms with Gasteiger partial charge in [-0.3, -0.25) is 4.90 Å². The fraction of sp³-hybridized carbons (Fsp3) is 0.278. The zero-order valence-electron chi connectivity index (χ0n) is 15.3. The number of sulfonamides is 1. The van der Waals surface area contributed by atoms with Gasteiger partial charge in [0.05, 0.1) is 17.1 Å². The van der Waals surface area contributed by atoms with E-state index >= 15 is 0 Å². The maximum atomic E-state index is 13.1. The van der Waals surface area contributed by atoms with Crippen molar-refractivity contribution >= 4 is 21.6 Å². The number of nitrogens with zero attached hydrogens (tertiary/aromatic N) is 6. The Labute approximate surface area is 172 Å². The summed E-state index contributed by atoms with van der Waals surface area (Å²) in [5.41, 5.74) is 0.661. The molecule has 0 atom stereocenters. The van der Waals surface area contributed by atoms with Gasteiger partial charge < -0.3 is 0 Å². The number of aromatic nitrogens is 4. The third-order valence-corrected chi connectivity index (χ3v) is 6.87. The van der Waals surface area contributed by atoms with E-state index in [0.29, 0.717) is 49.3 Å². The van der Waals surface area contributed by atoms with Gasteiger partial charge in [-0.15, -0.1) is 5.10 Å². The minimum atomic E-state index is -3.58. The predicted molar refractivity (Wildman–Crippen MR) is 105 cm³/mol. The Morgan fingerprint density at radius 1 is 1.03 bits per heavy atom. The first-order valence-corrected chi connectivity index (χ1v) is 10.8. The molecule has 0 spiro atoms. The molecule has 8 nitrogen and oxygen atoms in total. The molecule has 1 aliphatic rings. The molecule has 2 aromatic carbocycles. The van der Waals surface area contributed by atoms with E-state index in [2.05, 4.69) is 20.4 Å². The van der Waals surface area contributed by atoms with Crippen LogP contribution in [0.4, 0.5) is 4.39 Å². The van der Waals surface area contributed by atoms with Crippen molar-refractivity contribution in [3.8, 4) is 5.69 Å². The first-order valence-electron chi connectivity index (χ1n) is 8.95. The van der Waals surface area contributed by atoms with Crippen molar-refractivity contribution in [2.45, 2.75) is 11.4 Å². The molecule has 29 heavy (non-hydrogen) atoms. The molecule has 0 aliphatic carbocycles. The average molecular weight is 437 g/mol. The molecule has 2 heterocycles. The fourth-order valence-corrected chi connectivity index (χ4v) is 4.92. The number of tetrazole rings is 1. The molecule has 0 radical (unpaired) electrons. The lowest BCUT2D eigenvalue weighted by Gasteiger charge is -2.33. The second-order valence-electron chi connectivity index (χ2n) is 6.62. The van der Waals surface area contributed by atoms with E-state index in [1.165, 1.54) is 22.5 Å². The van der Waals surface area contributed by atoms with E-state index in [4.69, 9.17) is 11.6 Å². The molecule has 11 heteroatoms. The third kappa shape index (κ3) is 4.30. The van der Waals surface area contributed by atoms with Gasteiger partial charge in [-0.2, -0.15) is 8.99 Å². The highest BCUT2D eigenvalue weighted by Gasteiger charge is 2.29. The number of benzene rings is 2. The Morgan fingerprint density at radius 2 is 1.76 bits per heavy atom. The predicted octanol–water partition coefficient (Wildman–Crippen LogP) is 1.96. The zero-order valence-corrected chi connectivity index (χ0v) is 16.9. The van der Waals surface area contributed by atoms with Gasteiger partial charge in [-0.05, 0) is 52.9 Å². The summed E-state index contributed by atoms with van der Waals surface area (Å²) < 4.78 is 41.8. The Bertz CT molecular complexity index is 1100. The van der Waals surface area contributed by atoms with Crippen molar-refractivity contribution in [1.29, 1.82) is 0 Å². The second-order valence-corrected chi connectivity index (χ2v) is 9.00. The van der Waals surface area contributed by atoms with Crippen LogP contribution in [0.1, 0.15) is 5.82 Å². The molecule has 3 aromatic rings. The number of halogens is 2. The summed E-state index contributed by atoms with van der Waals surface area (Å²) in [6, 6.07) is 12.2. The molecular weight excluding hydrogens is 419 g/mol. The lowest BCUT2D eigenvalue weighted by Crippen LogP contribution is -2.48. The van der Waals surface area contributed by atoms with Gasteiger partial charge in [0, 0.05) is 31.2 Å². The molecule has 4 rings (SSSR count). The molecule has 152 valence electrons. The monoisotopic (exact) mass is 436 g/mol. The third-order valence-electron chi connectivity index (χ3n) is 4.74. The average Bonchev–Trinajstić information content (AvgIpc) is 3.17. The normalized spacial score (nSPS) is 16.2. The van der Waals surface area contributed by atoms with Crippen molar-refractivity contribution < 1.29 is 12.8 Å². The molecule has 1 saturated heterocycles. The standard InChI is InChI=1S/C18H18ClFN6O2S/c19-14-2-1-3-17(12-14)29(27,28)25-10-8-24(9-11-25)13-18-21-22-23-26(18)16-6-4-15(20)5-7-16/h1-7,12H,8-11,13H2. The van der Waals surface area contributed by atoms with E-state index in [1.54, 1.807) is 35.0 Å². The zero-order chi connectivity index (χ0) is 20.4. The number of hydrogen-bond donors (Lipinski definition) is 0. The Kier molecular flexibility index (Phi) is 5.59. The van der Waals surface area contributed by atoms with E-state index in [1.807, 2.05) is 0 Å². The minimum absolute atomic E-state index is 0.193. The SMILES string of the molecule is O=S(=O)(c1cccc(Cl)c1)N1CCN(Cc2nnnn2-c2ccc(F)cc2)CC1. The van der Waals surface area contributed by atoms with E-state index in [0.717, 1.165) is 0 Å². The van der Waals surface area contributed by atoms with Crippen LogP contribution in [0.5, 0.6) is 0 Å². The van der Waals surface area contributed by atoms with Crippen LogP contribution in [0.3, 0.4) is 0 Å². The van der Waals surface area contributed by atoms with Crippen LogP contribution in [0.25, 0.3) is 5.69 Å². The van der Waals surface area contributed by atoms with Crippen LogP contribution >= 0.6 is 11.6 Å². The van der Waals surface area contributed by atoms with Crippen molar-refractivity contribution in [2.24, 2.45) is 0 Å². The van der Waals surface area contributed by atoms with Crippen LogP contribution in [0.2, 0.25) is 5.02 Å². The summed E-state index contributed by atoms with van der Waals surface area (Å²) in [6.45, 7) is 2.24. The number of piperazine rings is 1. The van der Waals surface area contributed by atoms with E-state index in [9.17, 15) is 12.8 Å². The van der Waals surface area contributed by atoms with Crippen LogP contribution in [-0.2, 0) is 16.6 Å². The largest absolute Gasteiger partial charge is 0.293 e. The smallest absolute Gasteiger partial charge is 0.243 e. The molecule has 0 N–H and O–H groups in total. The Morgan fingerprint density at radius 3 is 2.45 bits per heavy atom. The lowest BCUT2D eigenvalue weighted by molar-refractivity contribution is 0.177. The van der Waals surface area contributed by atoms with Gasteiger partial charge in [-0.1, -0.05) is 17.7 Å². The number of rotatable bonds is 5. The summed E-state index contributed by atoms with van der Waals surface area (Å²) >= 11 is 5.93. The van der Waals surface area contributed by atoms with Crippen LogP contribution in [0, 0.1) is 5.82 Å². The van der Waals surface area contributed by atoms with Gasteiger partial charge in [-0.25, -0.2) is 12.8 Å². The molecule has 0 amide bonds. The molecule has 1 aromatic heterocycles. The summed E-state index contributed by atoms with van der Waals surface area (Å²) in [6.07, 6.45) is 0. The van der Waals surface area contributed by atoms with Crippen LogP contribution < -0.4 is 0 Å². The highest BCUT2D eigenvalue weighted by atomic mass is 35.5. The van der Waals surface area contributed by atoms with Crippen molar-refractivity contribution in [2.75, 3.05) is 26.2 Å².